The van der Waals surface area contributed by atoms with E-state index in [-0.39, 0.29) is 4.75 Å². The smallest absolute Gasteiger partial charge is 0.330 e. The van der Waals surface area contributed by atoms with Crippen LogP contribution in [0.3, 0.4) is 0 Å². The molecule has 4 aromatic carbocycles. The van der Waals surface area contributed by atoms with Gasteiger partial charge < -0.3 is 4.65 Å². The van der Waals surface area contributed by atoms with E-state index < -0.39 is 5.60 Å². The average molecular weight is 528 g/mol. The molecule has 0 aliphatic heterocycles. The Labute approximate surface area is 238 Å². The van der Waals surface area contributed by atoms with E-state index in [1.165, 1.54) is 0 Å². The van der Waals surface area contributed by atoms with E-state index in [2.05, 4.69) is 62.4 Å². The molecule has 3 nitrogen and oxygen atoms in total. The van der Waals surface area contributed by atoms with Crippen LogP contribution in [0.5, 0.6) is 0 Å². The van der Waals surface area contributed by atoms with Crippen molar-refractivity contribution in [2.45, 2.75) is 38.0 Å². The Morgan fingerprint density at radius 2 is 0.923 bits per heavy atom. The Morgan fingerprint density at radius 1 is 0.538 bits per heavy atom. The highest BCUT2D eigenvalue weighted by molar-refractivity contribution is 7.81. The standard InChI is InChI=1S/C34H32BN2OS/c1-33(2,34(3,4)39)38-35-28-22-14-21-27(23-28)32-31(26-19-12-7-13-20-26)36-29(24-15-8-5-9-16-24)30(37-32)25-17-10-6-11-18-25/h5-23,39H,1-4H3. The summed E-state index contributed by atoms with van der Waals surface area (Å²) in [5, 5.41) is 0. The van der Waals surface area contributed by atoms with E-state index in [4.69, 9.17) is 27.3 Å². The third-order valence-electron chi connectivity index (χ3n) is 7.16. The van der Waals surface area contributed by atoms with E-state index in [0.717, 1.165) is 50.5 Å². The molecule has 1 aromatic heterocycles. The lowest BCUT2D eigenvalue weighted by Gasteiger charge is -2.38. The van der Waals surface area contributed by atoms with E-state index in [1.54, 1.807) is 0 Å². The van der Waals surface area contributed by atoms with Crippen LogP contribution in [0.1, 0.15) is 27.7 Å². The van der Waals surface area contributed by atoms with E-state index in [1.807, 2.05) is 88.1 Å². The molecule has 0 aliphatic carbocycles. The summed E-state index contributed by atoms with van der Waals surface area (Å²) in [6.45, 7) is 8.21. The molecule has 0 saturated carbocycles. The first-order valence-electron chi connectivity index (χ1n) is 13.1. The number of hydrogen-bond donors (Lipinski definition) is 1. The van der Waals surface area contributed by atoms with Gasteiger partial charge in [0.1, 0.15) is 0 Å². The van der Waals surface area contributed by atoms with Crippen LogP contribution >= 0.6 is 12.6 Å². The normalized spacial score (nSPS) is 11.8. The molecule has 193 valence electrons. The number of hydrogen-bond acceptors (Lipinski definition) is 4. The third-order valence-corrected chi connectivity index (χ3v) is 7.70. The first-order chi connectivity index (χ1) is 18.7. The first-order valence-corrected chi connectivity index (χ1v) is 13.6. The largest absolute Gasteiger partial charge is 0.428 e. The topological polar surface area (TPSA) is 35.0 Å². The zero-order valence-electron chi connectivity index (χ0n) is 22.8. The van der Waals surface area contributed by atoms with Gasteiger partial charge in [0.05, 0.1) is 28.4 Å². The number of aromatic nitrogens is 2. The molecule has 1 heterocycles. The molecular formula is C34H32BN2OS. The molecule has 39 heavy (non-hydrogen) atoms. The predicted molar refractivity (Wildman–Crippen MR) is 167 cm³/mol. The van der Waals surface area contributed by atoms with Gasteiger partial charge in [0.15, 0.2) is 0 Å². The number of nitrogens with zero attached hydrogens (tertiary/aromatic N) is 2. The summed E-state index contributed by atoms with van der Waals surface area (Å²) in [6, 6.07) is 39.0. The summed E-state index contributed by atoms with van der Waals surface area (Å²) in [6.07, 6.45) is 0. The lowest BCUT2D eigenvalue weighted by molar-refractivity contribution is 0.0854. The molecule has 0 spiro atoms. The number of thiol groups is 1. The van der Waals surface area contributed by atoms with Crippen LogP contribution in [0.25, 0.3) is 45.0 Å². The fraction of sp³-hybridized carbons (Fsp3) is 0.176. The monoisotopic (exact) mass is 527 g/mol. The van der Waals surface area contributed by atoms with Crippen molar-refractivity contribution in [2.24, 2.45) is 0 Å². The summed E-state index contributed by atoms with van der Waals surface area (Å²) in [4.78, 5) is 10.6. The van der Waals surface area contributed by atoms with Gasteiger partial charge in [-0.15, -0.1) is 0 Å². The highest BCUT2D eigenvalue weighted by atomic mass is 32.1. The Hall–Kier alpha value is -3.67. The molecule has 0 unspecified atom stereocenters. The summed E-state index contributed by atoms with van der Waals surface area (Å²) < 4.78 is 5.90. The fourth-order valence-corrected chi connectivity index (χ4v) is 4.20. The van der Waals surface area contributed by atoms with E-state index in [9.17, 15) is 0 Å². The molecule has 5 aromatic rings. The van der Waals surface area contributed by atoms with Crippen LogP contribution in [-0.4, -0.2) is 27.8 Å². The highest BCUT2D eigenvalue weighted by Gasteiger charge is 2.34. The molecule has 5 rings (SSSR count). The molecule has 0 saturated heterocycles. The van der Waals surface area contributed by atoms with Gasteiger partial charge in [0, 0.05) is 27.0 Å². The van der Waals surface area contributed by atoms with Gasteiger partial charge in [-0.05, 0) is 27.7 Å². The van der Waals surface area contributed by atoms with Crippen LogP contribution in [0, 0.1) is 0 Å². The maximum Gasteiger partial charge on any atom is 0.330 e. The van der Waals surface area contributed by atoms with Crippen molar-refractivity contribution < 1.29 is 4.65 Å². The van der Waals surface area contributed by atoms with Crippen LogP contribution in [0.4, 0.5) is 0 Å². The second kappa shape index (κ2) is 11.2. The first kappa shape index (κ1) is 26.9. The van der Waals surface area contributed by atoms with Gasteiger partial charge in [0.2, 0.25) is 0 Å². The summed E-state index contributed by atoms with van der Waals surface area (Å²) in [5.41, 5.74) is 7.89. The minimum absolute atomic E-state index is 0.315. The Kier molecular flexibility index (Phi) is 7.74. The lowest BCUT2D eigenvalue weighted by Crippen LogP contribution is -2.45. The molecule has 0 fully saturated rings. The second-order valence-electron chi connectivity index (χ2n) is 10.6. The Balaban J connectivity index is 1.68. The molecule has 0 aliphatic rings. The van der Waals surface area contributed by atoms with Crippen molar-refractivity contribution in [3.63, 3.8) is 0 Å². The van der Waals surface area contributed by atoms with E-state index >= 15 is 0 Å². The average Bonchev–Trinajstić information content (AvgIpc) is 2.96. The van der Waals surface area contributed by atoms with Crippen LogP contribution in [0.15, 0.2) is 115 Å². The minimum atomic E-state index is -0.459. The molecular weight excluding hydrogens is 495 g/mol. The van der Waals surface area contributed by atoms with E-state index in [0.29, 0.717) is 0 Å². The Bertz CT molecular complexity index is 1550. The van der Waals surface area contributed by atoms with Gasteiger partial charge in [-0.25, -0.2) is 9.97 Å². The number of benzene rings is 4. The summed E-state index contributed by atoms with van der Waals surface area (Å²) >= 11 is 4.74. The van der Waals surface area contributed by atoms with Gasteiger partial charge in [0.25, 0.3) is 0 Å². The molecule has 0 atom stereocenters. The third kappa shape index (κ3) is 6.00. The lowest BCUT2D eigenvalue weighted by atomic mass is 9.83. The highest BCUT2D eigenvalue weighted by Crippen LogP contribution is 2.37. The molecule has 1 radical (unpaired) electrons. The Morgan fingerprint density at radius 3 is 1.33 bits per heavy atom. The maximum atomic E-state index is 6.22. The van der Waals surface area contributed by atoms with Crippen LogP contribution < -0.4 is 5.46 Å². The van der Waals surface area contributed by atoms with Gasteiger partial charge >= 0.3 is 7.48 Å². The minimum Gasteiger partial charge on any atom is -0.428 e. The van der Waals surface area contributed by atoms with Crippen molar-refractivity contribution in [3.05, 3.63) is 115 Å². The maximum absolute atomic E-state index is 6.22. The van der Waals surface area contributed by atoms with Crippen LogP contribution in [-0.2, 0) is 4.65 Å². The van der Waals surface area contributed by atoms with Gasteiger partial charge in [-0.2, -0.15) is 12.6 Å². The molecule has 0 amide bonds. The molecule has 0 N–H and O–H groups in total. The van der Waals surface area contributed by atoms with Crippen LogP contribution in [0.2, 0.25) is 0 Å². The van der Waals surface area contributed by atoms with Crippen molar-refractivity contribution in [1.82, 2.24) is 9.97 Å². The van der Waals surface area contributed by atoms with Crippen molar-refractivity contribution in [1.29, 1.82) is 0 Å². The van der Waals surface area contributed by atoms with Gasteiger partial charge in [-0.1, -0.05) is 121 Å². The fourth-order valence-electron chi connectivity index (χ4n) is 4.15. The van der Waals surface area contributed by atoms with Crippen molar-refractivity contribution >= 4 is 25.6 Å². The number of rotatable bonds is 8. The van der Waals surface area contributed by atoms with Crippen molar-refractivity contribution in [2.75, 3.05) is 0 Å². The second-order valence-corrected chi connectivity index (χ2v) is 11.8. The molecule has 0 bridgehead atoms. The van der Waals surface area contributed by atoms with Crippen molar-refractivity contribution in [3.8, 4) is 45.0 Å². The summed E-state index contributed by atoms with van der Waals surface area (Å²) in [5.74, 6) is 0. The SMILES string of the molecule is CC(C)(S)C(C)(C)O[B]c1cccc(-c2nc(-c3ccccc3)c(-c3ccccc3)nc2-c2ccccc2)c1. The quantitative estimate of drug-likeness (QED) is 0.165. The zero-order chi connectivity index (χ0) is 27.5. The van der Waals surface area contributed by atoms with Gasteiger partial charge in [-0.3, -0.25) is 0 Å². The zero-order valence-corrected chi connectivity index (χ0v) is 23.7. The predicted octanol–water partition coefficient (Wildman–Crippen LogP) is 7.89. The molecule has 5 heteroatoms. The summed E-state index contributed by atoms with van der Waals surface area (Å²) in [7, 11) is 1.81.